The molecule has 10 heavy (non-hydrogen) atoms. The highest BCUT2D eigenvalue weighted by Gasteiger charge is 2.16. The summed E-state index contributed by atoms with van der Waals surface area (Å²) in [6, 6.07) is 0. The molecule has 0 heterocycles. The Balaban J connectivity index is 4.49. The topological polar surface area (TPSA) is 54.4 Å². The molecule has 58 valence electrons. The monoisotopic (exact) mass is 178 g/mol. The summed E-state index contributed by atoms with van der Waals surface area (Å²) in [5.74, 6) is 2.45. The predicted molar refractivity (Wildman–Crippen MR) is 43.3 cm³/mol. The molecule has 0 amide bonds. The van der Waals surface area contributed by atoms with Gasteiger partial charge in [-0.05, 0) is 6.42 Å². The van der Waals surface area contributed by atoms with E-state index in [-0.39, 0.29) is 0 Å². The predicted octanol–water partition coefficient (Wildman–Crippen LogP) is -1.02. The van der Waals surface area contributed by atoms with Crippen LogP contribution in [-0.4, -0.2) is 28.5 Å². The summed E-state index contributed by atoms with van der Waals surface area (Å²) < 4.78 is 29.3. The van der Waals surface area contributed by atoms with Crippen molar-refractivity contribution in [2.45, 2.75) is 18.6 Å². The van der Waals surface area contributed by atoms with Crippen LogP contribution < -0.4 is 0 Å². The average molecular weight is 178 g/mol. The quantitative estimate of drug-likeness (QED) is 0.334. The van der Waals surface area contributed by atoms with E-state index in [4.69, 9.17) is 4.55 Å². The molecule has 1 atom stereocenters. The lowest BCUT2D eigenvalue weighted by atomic mass is 10.3. The van der Waals surface area contributed by atoms with E-state index in [1.807, 2.05) is 0 Å². The maximum Gasteiger partial charge on any atom is 0.279 e. The summed E-state index contributed by atoms with van der Waals surface area (Å²) in [4.78, 5) is 0. The molecule has 0 bridgehead atoms. The highest BCUT2D eigenvalue weighted by Crippen LogP contribution is 2.00. The molecule has 3 nitrogen and oxygen atoms in total. The van der Waals surface area contributed by atoms with Crippen molar-refractivity contribution in [2.75, 3.05) is 0 Å². The Bertz CT molecular complexity index is 246. The van der Waals surface area contributed by atoms with Gasteiger partial charge in [-0.3, -0.25) is 4.55 Å². The van der Waals surface area contributed by atoms with Gasteiger partial charge in [-0.25, -0.2) is 0 Å². The fraction of sp³-hybridized carbons (Fsp3) is 0.600. The summed E-state index contributed by atoms with van der Waals surface area (Å²) in [5, 5.41) is -0.884. The van der Waals surface area contributed by atoms with Gasteiger partial charge in [-0.15, -0.1) is 5.54 Å². The molecule has 0 saturated carbocycles. The minimum atomic E-state index is -3.93. The fourth-order valence-corrected chi connectivity index (χ4v) is 1.79. The lowest BCUT2D eigenvalue weighted by Gasteiger charge is -2.00. The van der Waals surface area contributed by atoms with Crippen LogP contribution >= 0.6 is 0 Å². The first-order valence-corrected chi connectivity index (χ1v) is 5.41. The highest BCUT2D eigenvalue weighted by atomic mass is 32.2. The van der Waals surface area contributed by atoms with E-state index in [2.05, 4.69) is 11.5 Å². The summed E-state index contributed by atoms with van der Waals surface area (Å²) in [5.41, 5.74) is 2.57. The van der Waals surface area contributed by atoms with Crippen LogP contribution in [0.4, 0.5) is 0 Å². The second-order valence-corrected chi connectivity index (χ2v) is 3.91. The SMILES string of the molecule is CCC(C#C[SiH3])S(=O)(=O)O. The Hall–Kier alpha value is -0.313. The van der Waals surface area contributed by atoms with Crippen molar-refractivity contribution < 1.29 is 13.0 Å². The second-order valence-electron chi connectivity index (χ2n) is 1.81. The van der Waals surface area contributed by atoms with E-state index in [1.54, 1.807) is 6.92 Å². The molecule has 0 saturated heterocycles. The van der Waals surface area contributed by atoms with Gasteiger partial charge < -0.3 is 0 Å². The fourth-order valence-electron chi connectivity index (χ4n) is 0.548. The van der Waals surface area contributed by atoms with Crippen molar-refractivity contribution in [2.24, 2.45) is 0 Å². The zero-order chi connectivity index (χ0) is 8.20. The lowest BCUT2D eigenvalue weighted by Crippen LogP contribution is -2.17. The van der Waals surface area contributed by atoms with Gasteiger partial charge in [0.15, 0.2) is 0 Å². The van der Waals surface area contributed by atoms with Crippen molar-refractivity contribution >= 4 is 20.4 Å². The molecule has 0 fully saturated rings. The van der Waals surface area contributed by atoms with Crippen LogP contribution in [0, 0.1) is 11.5 Å². The third-order valence-corrected chi connectivity index (χ3v) is 2.49. The number of hydrogen-bond acceptors (Lipinski definition) is 2. The largest absolute Gasteiger partial charge is 0.285 e. The van der Waals surface area contributed by atoms with E-state index in [9.17, 15) is 8.42 Å². The van der Waals surface area contributed by atoms with E-state index >= 15 is 0 Å². The van der Waals surface area contributed by atoms with E-state index in [1.165, 1.54) is 0 Å². The van der Waals surface area contributed by atoms with E-state index in [0.717, 1.165) is 0 Å². The maximum absolute atomic E-state index is 10.4. The Morgan fingerprint density at radius 1 is 1.70 bits per heavy atom. The zero-order valence-electron chi connectivity index (χ0n) is 5.96. The molecule has 0 aliphatic carbocycles. The Morgan fingerprint density at radius 2 is 2.20 bits per heavy atom. The van der Waals surface area contributed by atoms with Crippen molar-refractivity contribution in [1.29, 1.82) is 0 Å². The van der Waals surface area contributed by atoms with Crippen molar-refractivity contribution in [3.63, 3.8) is 0 Å². The van der Waals surface area contributed by atoms with Gasteiger partial charge >= 0.3 is 0 Å². The number of hydrogen-bond donors (Lipinski definition) is 1. The Labute approximate surface area is 64.0 Å². The van der Waals surface area contributed by atoms with Crippen LogP contribution in [0.2, 0.25) is 0 Å². The molecule has 0 radical (unpaired) electrons. The summed E-state index contributed by atoms with van der Waals surface area (Å²) in [7, 11) is -3.29. The summed E-state index contributed by atoms with van der Waals surface area (Å²) in [6.07, 6.45) is 0.341. The first-order valence-electron chi connectivity index (χ1n) is 2.91. The zero-order valence-corrected chi connectivity index (χ0v) is 8.77. The van der Waals surface area contributed by atoms with Crippen LogP contribution in [0.1, 0.15) is 13.3 Å². The Kier molecular flexibility index (Phi) is 3.64. The van der Waals surface area contributed by atoms with E-state index in [0.29, 0.717) is 16.7 Å². The van der Waals surface area contributed by atoms with Crippen LogP contribution in [0.5, 0.6) is 0 Å². The van der Waals surface area contributed by atoms with Crippen LogP contribution in [0.3, 0.4) is 0 Å². The van der Waals surface area contributed by atoms with Gasteiger partial charge in [-0.2, -0.15) is 8.42 Å². The van der Waals surface area contributed by atoms with Crippen molar-refractivity contribution in [3.05, 3.63) is 0 Å². The minimum Gasteiger partial charge on any atom is -0.285 e. The molecule has 0 spiro atoms. The van der Waals surface area contributed by atoms with Gasteiger partial charge in [0, 0.05) is 0 Å². The number of rotatable bonds is 2. The molecule has 0 aromatic rings. The van der Waals surface area contributed by atoms with Crippen LogP contribution in [0.15, 0.2) is 0 Å². The minimum absolute atomic E-state index is 0.341. The molecule has 0 aromatic carbocycles. The third kappa shape index (κ3) is 3.01. The molecule has 0 rings (SSSR count). The van der Waals surface area contributed by atoms with Gasteiger partial charge in [0.25, 0.3) is 10.1 Å². The smallest absolute Gasteiger partial charge is 0.279 e. The molecule has 0 aliphatic heterocycles. The first-order chi connectivity index (χ1) is 4.52. The molecular formula is C5H10O3SSi. The maximum atomic E-state index is 10.4. The van der Waals surface area contributed by atoms with Gasteiger partial charge in [-0.1, -0.05) is 12.8 Å². The third-order valence-electron chi connectivity index (χ3n) is 1.04. The standard InChI is InChI=1S/C5H10O3SSi/c1-2-5(3-4-10)9(6,7)8/h5H,2H2,1,10H3,(H,6,7,8). The molecule has 5 heteroatoms. The van der Waals surface area contributed by atoms with Gasteiger partial charge in [0.1, 0.15) is 5.25 Å². The second kappa shape index (κ2) is 3.76. The average Bonchev–Trinajstić information content (AvgIpc) is 1.80. The van der Waals surface area contributed by atoms with Crippen LogP contribution in [0.25, 0.3) is 0 Å². The molecule has 1 N–H and O–H groups in total. The normalized spacial score (nSPS) is 13.8. The van der Waals surface area contributed by atoms with Gasteiger partial charge in [0.05, 0.1) is 10.2 Å². The molecular weight excluding hydrogens is 168 g/mol. The Morgan fingerprint density at radius 3 is 2.30 bits per heavy atom. The summed E-state index contributed by atoms with van der Waals surface area (Å²) >= 11 is 0. The molecule has 0 aromatic heterocycles. The van der Waals surface area contributed by atoms with Crippen molar-refractivity contribution in [3.8, 4) is 11.5 Å². The van der Waals surface area contributed by atoms with Crippen LogP contribution in [-0.2, 0) is 10.1 Å². The van der Waals surface area contributed by atoms with Gasteiger partial charge in [0.2, 0.25) is 0 Å². The van der Waals surface area contributed by atoms with Crippen molar-refractivity contribution in [1.82, 2.24) is 0 Å². The molecule has 0 aliphatic rings. The highest BCUT2D eigenvalue weighted by molar-refractivity contribution is 7.86. The first kappa shape index (κ1) is 9.69. The lowest BCUT2D eigenvalue weighted by molar-refractivity contribution is 0.475. The molecule has 1 unspecified atom stereocenters. The summed E-state index contributed by atoms with van der Waals surface area (Å²) in [6.45, 7) is 1.67. The van der Waals surface area contributed by atoms with E-state index < -0.39 is 15.4 Å².